The second-order valence-corrected chi connectivity index (χ2v) is 9.01. The molecule has 1 aromatic heterocycles. The zero-order valence-corrected chi connectivity index (χ0v) is 16.8. The van der Waals surface area contributed by atoms with E-state index in [-0.39, 0.29) is 24.7 Å². The zero-order valence-electron chi connectivity index (χ0n) is 15.2. The summed E-state index contributed by atoms with van der Waals surface area (Å²) in [6.45, 7) is 1.18. The number of carbonyl (C=O) groups is 1. The Morgan fingerprint density at radius 1 is 1.07 bits per heavy atom. The fourth-order valence-electron chi connectivity index (χ4n) is 2.76. The van der Waals surface area contributed by atoms with Crippen LogP contribution < -0.4 is 4.73 Å². The van der Waals surface area contributed by atoms with Crippen molar-refractivity contribution in [3.05, 3.63) is 70.9 Å². The van der Waals surface area contributed by atoms with Gasteiger partial charge in [0, 0.05) is 43.7 Å². The minimum atomic E-state index is -3.53. The number of thioether (sulfide) groups is 1. The number of piperazine rings is 1. The van der Waals surface area contributed by atoms with E-state index < -0.39 is 10.0 Å². The number of nitrogens with zero attached hydrogens (tertiary/aromatic N) is 3. The number of hydrogen-bond donors (Lipinski definition) is 0. The number of aromatic nitrogens is 1. The van der Waals surface area contributed by atoms with Crippen LogP contribution in [0, 0.1) is 5.21 Å². The van der Waals surface area contributed by atoms with E-state index in [2.05, 4.69) is 0 Å². The van der Waals surface area contributed by atoms with E-state index in [4.69, 9.17) is 0 Å². The first-order chi connectivity index (χ1) is 13.5. The van der Waals surface area contributed by atoms with Crippen LogP contribution in [0.2, 0.25) is 0 Å². The Kier molecular flexibility index (Phi) is 6.71. The molecule has 0 N–H and O–H groups in total. The Morgan fingerprint density at radius 3 is 2.43 bits per heavy atom. The number of benzene rings is 1. The molecule has 0 atom stereocenters. The zero-order chi connectivity index (χ0) is 20.0. The molecule has 1 amide bonds. The van der Waals surface area contributed by atoms with Gasteiger partial charge in [0.15, 0.2) is 6.20 Å². The quantitative estimate of drug-likeness (QED) is 0.403. The lowest BCUT2D eigenvalue weighted by Crippen LogP contribution is -2.50. The average Bonchev–Trinajstić information content (AvgIpc) is 2.72. The monoisotopic (exact) mass is 419 g/mol. The van der Waals surface area contributed by atoms with Crippen molar-refractivity contribution < 1.29 is 17.9 Å². The van der Waals surface area contributed by atoms with Gasteiger partial charge in [0.25, 0.3) is 5.03 Å². The average molecular weight is 420 g/mol. The molecule has 0 unspecified atom stereocenters. The maximum atomic E-state index is 12.5. The van der Waals surface area contributed by atoms with Crippen molar-refractivity contribution in [1.82, 2.24) is 9.21 Å². The second-order valence-electron chi connectivity index (χ2n) is 6.19. The summed E-state index contributed by atoms with van der Waals surface area (Å²) in [7, 11) is -3.53. The Balaban J connectivity index is 1.51. The van der Waals surface area contributed by atoms with Crippen molar-refractivity contribution in [2.24, 2.45) is 0 Å². The molecular weight excluding hydrogens is 398 g/mol. The largest absolute Gasteiger partial charge is 0.618 e. The van der Waals surface area contributed by atoms with Crippen LogP contribution in [0.5, 0.6) is 0 Å². The Morgan fingerprint density at radius 2 is 1.75 bits per heavy atom. The molecule has 148 valence electrons. The van der Waals surface area contributed by atoms with E-state index in [1.165, 1.54) is 27.7 Å². The van der Waals surface area contributed by atoms with E-state index in [9.17, 15) is 18.4 Å². The summed E-state index contributed by atoms with van der Waals surface area (Å²) in [4.78, 5) is 14.0. The fraction of sp³-hybridized carbons (Fsp3) is 0.263. The number of sulfonamides is 1. The number of rotatable bonds is 6. The van der Waals surface area contributed by atoms with Crippen LogP contribution >= 0.6 is 11.8 Å². The normalized spacial score (nSPS) is 15.8. The summed E-state index contributed by atoms with van der Waals surface area (Å²) >= 11 is 1.18. The van der Waals surface area contributed by atoms with Gasteiger partial charge in [-0.3, -0.25) is 4.79 Å². The smallest absolute Gasteiger partial charge is 0.251 e. The summed E-state index contributed by atoms with van der Waals surface area (Å²) in [6.07, 6.45) is 2.96. The molecule has 0 bridgehead atoms. The molecule has 1 aromatic carbocycles. The van der Waals surface area contributed by atoms with Gasteiger partial charge in [0.1, 0.15) is 0 Å². The van der Waals surface area contributed by atoms with E-state index in [1.807, 2.05) is 30.3 Å². The number of hydrogen-bond acceptors (Lipinski definition) is 5. The van der Waals surface area contributed by atoms with E-state index in [0.29, 0.717) is 18.1 Å². The molecule has 7 nitrogen and oxygen atoms in total. The maximum absolute atomic E-state index is 12.5. The van der Waals surface area contributed by atoms with E-state index in [0.717, 1.165) is 10.3 Å². The van der Waals surface area contributed by atoms with Gasteiger partial charge in [-0.1, -0.05) is 30.3 Å². The second kappa shape index (κ2) is 9.22. The standard InChI is InChI=1S/C19H21N3O4S2/c23-18(16-27-19-8-4-5-10-22(19)24)20-11-13-21(14-12-20)28(25,26)15-9-17-6-2-1-3-7-17/h1-10,15H,11-14,16H2/b15-9+. The number of carbonyl (C=O) groups excluding carboxylic acids is 1. The first-order valence-electron chi connectivity index (χ1n) is 8.78. The summed E-state index contributed by atoms with van der Waals surface area (Å²) in [5, 5.41) is 13.3. The van der Waals surface area contributed by atoms with Gasteiger partial charge >= 0.3 is 0 Å². The molecule has 0 spiro atoms. The summed E-state index contributed by atoms with van der Waals surface area (Å²) in [6, 6.07) is 14.3. The van der Waals surface area contributed by atoms with Crippen molar-refractivity contribution >= 4 is 33.8 Å². The van der Waals surface area contributed by atoms with Crippen LogP contribution in [0.4, 0.5) is 0 Å². The third kappa shape index (κ3) is 5.34. The molecule has 1 fully saturated rings. The lowest BCUT2D eigenvalue weighted by atomic mass is 10.2. The Hall–Kier alpha value is -2.36. The predicted molar refractivity (Wildman–Crippen MR) is 109 cm³/mol. The van der Waals surface area contributed by atoms with Gasteiger partial charge in [-0.2, -0.15) is 9.04 Å². The van der Waals surface area contributed by atoms with Gasteiger partial charge in [-0.25, -0.2) is 8.42 Å². The van der Waals surface area contributed by atoms with Crippen molar-refractivity contribution in [1.29, 1.82) is 0 Å². The van der Waals surface area contributed by atoms with Crippen LogP contribution in [-0.2, 0) is 14.8 Å². The van der Waals surface area contributed by atoms with E-state index in [1.54, 1.807) is 29.2 Å². The first-order valence-corrected chi connectivity index (χ1v) is 11.3. The Bertz CT molecular complexity index is 941. The summed E-state index contributed by atoms with van der Waals surface area (Å²) in [5.74, 6) is 0.0399. The van der Waals surface area contributed by atoms with Crippen LogP contribution in [-0.4, -0.2) is 55.5 Å². The highest BCUT2D eigenvalue weighted by atomic mass is 32.2. The van der Waals surface area contributed by atoms with Crippen molar-refractivity contribution in [3.8, 4) is 0 Å². The number of amides is 1. The molecule has 9 heteroatoms. The highest BCUT2D eigenvalue weighted by Crippen LogP contribution is 2.16. The minimum absolute atomic E-state index is 0.106. The molecule has 0 saturated carbocycles. The molecule has 0 aliphatic carbocycles. The van der Waals surface area contributed by atoms with Gasteiger partial charge in [-0.05, 0) is 29.5 Å². The molecule has 1 saturated heterocycles. The van der Waals surface area contributed by atoms with Gasteiger partial charge < -0.3 is 10.1 Å². The van der Waals surface area contributed by atoms with Gasteiger partial charge in [0.05, 0.1) is 5.75 Å². The molecule has 2 heterocycles. The van der Waals surface area contributed by atoms with Gasteiger partial charge in [0.2, 0.25) is 15.9 Å². The third-order valence-corrected chi connectivity index (χ3v) is 6.88. The lowest BCUT2D eigenvalue weighted by Gasteiger charge is -2.33. The van der Waals surface area contributed by atoms with Crippen LogP contribution in [0.25, 0.3) is 6.08 Å². The number of pyridine rings is 1. The molecule has 1 aliphatic rings. The van der Waals surface area contributed by atoms with Crippen molar-refractivity contribution in [3.63, 3.8) is 0 Å². The first kappa shape index (κ1) is 20.4. The topological polar surface area (TPSA) is 84.6 Å². The molecule has 0 radical (unpaired) electrons. The minimum Gasteiger partial charge on any atom is -0.618 e. The van der Waals surface area contributed by atoms with Crippen LogP contribution in [0.1, 0.15) is 5.56 Å². The summed E-state index contributed by atoms with van der Waals surface area (Å²) in [5.41, 5.74) is 0.813. The predicted octanol–water partition coefficient (Wildman–Crippen LogP) is 1.56. The fourth-order valence-corrected chi connectivity index (χ4v) is 4.75. The van der Waals surface area contributed by atoms with Crippen molar-refractivity contribution in [2.45, 2.75) is 5.03 Å². The molecular formula is C19H21N3O4S2. The summed E-state index contributed by atoms with van der Waals surface area (Å²) < 4.78 is 27.1. The highest BCUT2D eigenvalue weighted by molar-refractivity contribution is 7.99. The van der Waals surface area contributed by atoms with Crippen LogP contribution in [0.3, 0.4) is 0 Å². The highest BCUT2D eigenvalue weighted by Gasteiger charge is 2.27. The Labute approximate surface area is 168 Å². The lowest BCUT2D eigenvalue weighted by molar-refractivity contribution is -0.645. The molecule has 1 aliphatic heterocycles. The van der Waals surface area contributed by atoms with Gasteiger partial charge in [-0.15, -0.1) is 0 Å². The molecule has 2 aromatic rings. The van der Waals surface area contributed by atoms with E-state index >= 15 is 0 Å². The molecule has 3 rings (SSSR count). The SMILES string of the molecule is O=C(CSc1cccc[n+]1[O-])N1CCN(S(=O)(=O)/C=C/c2ccccc2)CC1. The maximum Gasteiger partial charge on any atom is 0.251 e. The van der Waals surface area contributed by atoms with Crippen LogP contribution in [0.15, 0.2) is 65.2 Å². The molecule has 28 heavy (non-hydrogen) atoms. The van der Waals surface area contributed by atoms with Crippen molar-refractivity contribution in [2.75, 3.05) is 31.9 Å². The third-order valence-electron chi connectivity index (χ3n) is 4.32.